The molecule has 2 heterocycles. The monoisotopic (exact) mass is 349 g/mol. The number of carbonyl (C=O) groups is 2. The predicted octanol–water partition coefficient (Wildman–Crippen LogP) is 3.09. The van der Waals surface area contributed by atoms with Gasteiger partial charge in [0.1, 0.15) is 6.04 Å². The Morgan fingerprint density at radius 3 is 3.00 bits per heavy atom. The van der Waals surface area contributed by atoms with E-state index in [1.807, 2.05) is 11.4 Å². The topological polar surface area (TPSA) is 71.1 Å². The minimum Gasteiger partial charge on any atom is -0.340 e. The van der Waals surface area contributed by atoms with Crippen molar-refractivity contribution in [3.05, 3.63) is 33.0 Å². The summed E-state index contributed by atoms with van der Waals surface area (Å²) in [5.41, 5.74) is 1.11. The number of rotatable bonds is 4. The summed E-state index contributed by atoms with van der Waals surface area (Å²) in [5, 5.41) is 7.99. The number of thiazole rings is 1. The van der Waals surface area contributed by atoms with Gasteiger partial charge in [-0.05, 0) is 43.6 Å². The van der Waals surface area contributed by atoms with Crippen LogP contribution in [0.5, 0.6) is 0 Å². The Kier molecular flexibility index (Phi) is 4.77. The number of aryl methyl sites for hydroxylation is 1. The fourth-order valence-electron chi connectivity index (χ4n) is 2.55. The Bertz CT molecular complexity index is 709. The first-order valence-electron chi connectivity index (χ1n) is 7.66. The van der Waals surface area contributed by atoms with Gasteiger partial charge < -0.3 is 10.6 Å². The molecule has 2 aromatic rings. The molecule has 0 radical (unpaired) electrons. The van der Waals surface area contributed by atoms with Crippen molar-refractivity contribution in [1.29, 1.82) is 0 Å². The number of hydrogen-bond donors (Lipinski definition) is 2. The molecule has 2 atom stereocenters. The minimum atomic E-state index is -0.607. The number of carbonyl (C=O) groups excluding carboxylic acids is 2. The molecule has 3 rings (SSSR count). The van der Waals surface area contributed by atoms with Crippen LogP contribution in [0.25, 0.3) is 0 Å². The third-order valence-corrected chi connectivity index (χ3v) is 5.81. The summed E-state index contributed by atoms with van der Waals surface area (Å²) in [5.74, 6) is 0.208. The molecule has 23 heavy (non-hydrogen) atoms. The molecule has 0 unspecified atom stereocenters. The van der Waals surface area contributed by atoms with Crippen LogP contribution in [0.1, 0.15) is 40.5 Å². The molecule has 122 valence electrons. The highest BCUT2D eigenvalue weighted by molar-refractivity contribution is 7.15. The van der Waals surface area contributed by atoms with Crippen molar-refractivity contribution in [3.8, 4) is 0 Å². The van der Waals surface area contributed by atoms with Crippen LogP contribution in [-0.4, -0.2) is 22.8 Å². The van der Waals surface area contributed by atoms with Gasteiger partial charge in [0, 0.05) is 4.88 Å². The number of nitrogens with one attached hydrogen (secondary N) is 2. The van der Waals surface area contributed by atoms with Gasteiger partial charge in [0.2, 0.25) is 5.91 Å². The molecule has 0 spiro atoms. The van der Waals surface area contributed by atoms with Crippen LogP contribution in [0.15, 0.2) is 17.5 Å². The zero-order chi connectivity index (χ0) is 16.4. The Hall–Kier alpha value is -1.73. The van der Waals surface area contributed by atoms with E-state index in [2.05, 4.69) is 22.5 Å². The smallest absolute Gasteiger partial charge is 0.261 e. The summed E-state index contributed by atoms with van der Waals surface area (Å²) in [6.45, 7) is 3.92. The lowest BCUT2D eigenvalue weighted by Crippen LogP contribution is -2.41. The lowest BCUT2D eigenvalue weighted by molar-refractivity contribution is -0.117. The van der Waals surface area contributed by atoms with Gasteiger partial charge in [-0.1, -0.05) is 13.0 Å². The number of fused-ring (bicyclic) bond motifs is 1. The fourth-order valence-corrected chi connectivity index (χ4v) is 4.35. The first-order chi connectivity index (χ1) is 11.0. The number of nitrogens with zero attached hydrogens (tertiary/aromatic N) is 1. The van der Waals surface area contributed by atoms with Crippen molar-refractivity contribution >= 4 is 39.6 Å². The second-order valence-electron chi connectivity index (χ2n) is 5.90. The van der Waals surface area contributed by atoms with Crippen LogP contribution >= 0.6 is 22.7 Å². The number of amides is 2. The summed E-state index contributed by atoms with van der Waals surface area (Å²) in [4.78, 5) is 30.6. The predicted molar refractivity (Wildman–Crippen MR) is 93.2 cm³/mol. The summed E-state index contributed by atoms with van der Waals surface area (Å²) >= 11 is 2.90. The maximum absolute atomic E-state index is 12.2. The summed E-state index contributed by atoms with van der Waals surface area (Å²) in [6.07, 6.45) is 3.17. The second kappa shape index (κ2) is 6.80. The fraction of sp³-hybridized carbons (Fsp3) is 0.438. The summed E-state index contributed by atoms with van der Waals surface area (Å²) in [7, 11) is 0. The van der Waals surface area contributed by atoms with Crippen molar-refractivity contribution in [3.63, 3.8) is 0 Å². The molecule has 1 aliphatic carbocycles. The van der Waals surface area contributed by atoms with Gasteiger partial charge in [0.15, 0.2) is 5.13 Å². The second-order valence-corrected chi connectivity index (χ2v) is 7.93. The third kappa shape index (κ3) is 3.79. The molecule has 0 aliphatic heterocycles. The molecule has 1 aliphatic rings. The van der Waals surface area contributed by atoms with Gasteiger partial charge >= 0.3 is 0 Å². The van der Waals surface area contributed by atoms with Crippen LogP contribution < -0.4 is 10.6 Å². The Labute approximate surface area is 143 Å². The first-order valence-corrected chi connectivity index (χ1v) is 9.36. The normalized spacial score (nSPS) is 18.1. The van der Waals surface area contributed by atoms with Crippen molar-refractivity contribution in [2.75, 3.05) is 5.32 Å². The zero-order valence-electron chi connectivity index (χ0n) is 13.1. The van der Waals surface area contributed by atoms with Crippen molar-refractivity contribution in [2.24, 2.45) is 5.92 Å². The van der Waals surface area contributed by atoms with E-state index < -0.39 is 6.04 Å². The molecule has 2 N–H and O–H groups in total. The Balaban J connectivity index is 1.59. The highest BCUT2D eigenvalue weighted by Crippen LogP contribution is 2.32. The molecule has 0 fully saturated rings. The van der Waals surface area contributed by atoms with E-state index in [0.717, 1.165) is 25.0 Å². The first kappa shape index (κ1) is 16.1. The lowest BCUT2D eigenvalue weighted by Gasteiger charge is -2.15. The molecule has 0 aromatic carbocycles. The van der Waals surface area contributed by atoms with Gasteiger partial charge in [-0.3, -0.25) is 9.59 Å². The summed E-state index contributed by atoms with van der Waals surface area (Å²) < 4.78 is 0. The van der Waals surface area contributed by atoms with E-state index in [-0.39, 0.29) is 11.8 Å². The Morgan fingerprint density at radius 2 is 2.26 bits per heavy atom. The van der Waals surface area contributed by atoms with E-state index in [1.165, 1.54) is 16.2 Å². The highest BCUT2D eigenvalue weighted by Gasteiger charge is 2.22. The number of hydrogen-bond acceptors (Lipinski definition) is 5. The SMILES string of the molecule is C[C@H]1CCc2nc(NC(=O)[C@@H](C)NC(=O)c3cccs3)sc2C1. The standard InChI is InChI=1S/C16H19N3O2S2/c1-9-5-6-11-13(8-9)23-16(18-11)19-14(20)10(2)17-15(21)12-4-3-7-22-12/h3-4,7,9-10H,5-6,8H2,1-2H3,(H,17,21)(H,18,19,20)/t9-,10+/m0/s1. The molecular weight excluding hydrogens is 330 g/mol. The van der Waals surface area contributed by atoms with Gasteiger partial charge in [-0.25, -0.2) is 4.98 Å². The third-order valence-electron chi connectivity index (χ3n) is 3.90. The van der Waals surface area contributed by atoms with Crippen molar-refractivity contribution in [2.45, 2.75) is 39.2 Å². The quantitative estimate of drug-likeness (QED) is 0.891. The summed E-state index contributed by atoms with van der Waals surface area (Å²) in [6, 6.07) is 2.94. The maximum atomic E-state index is 12.2. The largest absolute Gasteiger partial charge is 0.340 e. The van der Waals surface area contributed by atoms with E-state index in [9.17, 15) is 9.59 Å². The van der Waals surface area contributed by atoms with E-state index in [4.69, 9.17) is 0 Å². The van der Waals surface area contributed by atoms with Crippen LogP contribution in [0.2, 0.25) is 0 Å². The molecule has 2 aromatic heterocycles. The van der Waals surface area contributed by atoms with Gasteiger partial charge in [-0.15, -0.1) is 22.7 Å². The van der Waals surface area contributed by atoms with Crippen molar-refractivity contribution < 1.29 is 9.59 Å². The molecule has 2 amide bonds. The maximum Gasteiger partial charge on any atom is 0.261 e. The van der Waals surface area contributed by atoms with Gasteiger partial charge in [0.25, 0.3) is 5.91 Å². The number of anilines is 1. The molecule has 5 nitrogen and oxygen atoms in total. The number of thiophene rings is 1. The number of aromatic nitrogens is 1. The molecular formula is C16H19N3O2S2. The lowest BCUT2D eigenvalue weighted by atomic mass is 9.93. The van der Waals surface area contributed by atoms with Crippen LogP contribution in [0.4, 0.5) is 5.13 Å². The van der Waals surface area contributed by atoms with E-state index in [1.54, 1.807) is 24.3 Å². The molecule has 7 heteroatoms. The van der Waals surface area contributed by atoms with E-state index in [0.29, 0.717) is 15.9 Å². The minimum absolute atomic E-state index is 0.227. The van der Waals surface area contributed by atoms with Crippen LogP contribution in [0, 0.1) is 5.92 Å². The average molecular weight is 349 g/mol. The van der Waals surface area contributed by atoms with Crippen molar-refractivity contribution in [1.82, 2.24) is 10.3 Å². The molecule has 0 bridgehead atoms. The van der Waals surface area contributed by atoms with Gasteiger partial charge in [0.05, 0.1) is 10.6 Å². The van der Waals surface area contributed by atoms with Crippen LogP contribution in [0.3, 0.4) is 0 Å². The van der Waals surface area contributed by atoms with Gasteiger partial charge in [-0.2, -0.15) is 0 Å². The zero-order valence-corrected chi connectivity index (χ0v) is 14.7. The van der Waals surface area contributed by atoms with Crippen LogP contribution in [-0.2, 0) is 17.6 Å². The van der Waals surface area contributed by atoms with E-state index >= 15 is 0 Å². The average Bonchev–Trinajstić information content (AvgIpc) is 3.15. The highest BCUT2D eigenvalue weighted by atomic mass is 32.1. The Morgan fingerprint density at radius 1 is 1.43 bits per heavy atom. The molecule has 0 saturated carbocycles. The molecule has 0 saturated heterocycles.